The normalized spacial score (nSPS) is 16.7. The van der Waals surface area contributed by atoms with Gasteiger partial charge in [-0.1, -0.05) is 0 Å². The van der Waals surface area contributed by atoms with Crippen LogP contribution in [0.5, 0.6) is 0 Å². The number of nitrogens with one attached hydrogen (secondary N) is 1. The summed E-state index contributed by atoms with van der Waals surface area (Å²) in [7, 11) is 0. The molecule has 1 N–H and O–H groups in total. The van der Waals surface area contributed by atoms with Gasteiger partial charge in [-0.15, -0.1) is 22.7 Å². The number of hydrogen-bond acceptors (Lipinski definition) is 4. The molecule has 0 saturated carbocycles. The molecule has 7 heteroatoms. The zero-order chi connectivity index (χ0) is 18.1. The number of aryl methyl sites for hydroxylation is 1. The maximum atomic E-state index is 12.7. The lowest BCUT2D eigenvalue weighted by atomic mass is 10.1. The van der Waals surface area contributed by atoms with Gasteiger partial charge in [0, 0.05) is 35.9 Å². The molecule has 0 spiro atoms. The molecule has 1 fully saturated rings. The molecule has 1 saturated heterocycles. The Morgan fingerprint density at radius 1 is 1.15 bits per heavy atom. The van der Waals surface area contributed by atoms with Crippen LogP contribution in [0.3, 0.4) is 0 Å². The zero-order valence-corrected chi connectivity index (χ0v) is 16.5. The molecule has 0 unspecified atom stereocenters. The van der Waals surface area contributed by atoms with Crippen molar-refractivity contribution in [3.05, 3.63) is 43.3 Å². The summed E-state index contributed by atoms with van der Waals surface area (Å²) in [5.41, 5.74) is 2.37. The third-order valence-corrected chi connectivity index (χ3v) is 7.23. The molecule has 0 aromatic carbocycles. The summed E-state index contributed by atoms with van der Waals surface area (Å²) >= 11 is 3.29. The lowest BCUT2D eigenvalue weighted by molar-refractivity contribution is 0.0740. The molecule has 3 amide bonds. The van der Waals surface area contributed by atoms with Crippen molar-refractivity contribution in [2.75, 3.05) is 19.6 Å². The number of thiophene rings is 2. The fourth-order valence-corrected chi connectivity index (χ4v) is 5.52. The standard InChI is InChI=1S/C19H23N3O2S2/c1-13-8-17(25-12-13)18(23)22-7-4-16-14(11-22)9-15(26-16)10-20-19(24)21-5-2-3-6-21/h8-9,12H,2-7,10-11H2,1H3,(H,20,24). The number of carbonyl (C=O) groups excluding carboxylic acids is 2. The van der Waals surface area contributed by atoms with Crippen molar-refractivity contribution in [3.63, 3.8) is 0 Å². The average Bonchev–Trinajstić information content (AvgIpc) is 3.38. The Morgan fingerprint density at radius 3 is 2.69 bits per heavy atom. The predicted molar refractivity (Wildman–Crippen MR) is 105 cm³/mol. The summed E-state index contributed by atoms with van der Waals surface area (Å²) in [6.07, 6.45) is 3.11. The molecular formula is C19H23N3O2S2. The van der Waals surface area contributed by atoms with Crippen molar-refractivity contribution in [1.29, 1.82) is 0 Å². The molecule has 26 heavy (non-hydrogen) atoms. The Labute approximate surface area is 161 Å². The molecule has 138 valence electrons. The van der Waals surface area contributed by atoms with E-state index in [2.05, 4.69) is 11.4 Å². The van der Waals surface area contributed by atoms with Crippen LogP contribution >= 0.6 is 22.7 Å². The minimum Gasteiger partial charge on any atom is -0.333 e. The van der Waals surface area contributed by atoms with Gasteiger partial charge in [-0.2, -0.15) is 0 Å². The number of amides is 3. The van der Waals surface area contributed by atoms with E-state index in [0.717, 1.165) is 49.3 Å². The first-order valence-electron chi connectivity index (χ1n) is 9.08. The van der Waals surface area contributed by atoms with E-state index in [9.17, 15) is 9.59 Å². The number of rotatable bonds is 3. The summed E-state index contributed by atoms with van der Waals surface area (Å²) in [6.45, 7) is 5.76. The molecule has 0 aliphatic carbocycles. The number of hydrogen-bond donors (Lipinski definition) is 1. The summed E-state index contributed by atoms with van der Waals surface area (Å²) in [5, 5.41) is 5.05. The second-order valence-electron chi connectivity index (χ2n) is 6.98. The van der Waals surface area contributed by atoms with Crippen LogP contribution in [0.15, 0.2) is 17.5 Å². The van der Waals surface area contributed by atoms with E-state index < -0.39 is 0 Å². The first kappa shape index (κ1) is 17.5. The maximum absolute atomic E-state index is 12.7. The van der Waals surface area contributed by atoms with Crippen molar-refractivity contribution in [1.82, 2.24) is 15.1 Å². The van der Waals surface area contributed by atoms with Gasteiger partial charge in [0.05, 0.1) is 11.4 Å². The van der Waals surface area contributed by atoms with E-state index in [1.807, 2.05) is 28.2 Å². The Hall–Kier alpha value is -1.86. The quantitative estimate of drug-likeness (QED) is 0.872. The first-order valence-corrected chi connectivity index (χ1v) is 10.8. The van der Waals surface area contributed by atoms with E-state index in [1.54, 1.807) is 11.3 Å². The topological polar surface area (TPSA) is 52.7 Å². The van der Waals surface area contributed by atoms with Gasteiger partial charge in [0.15, 0.2) is 0 Å². The predicted octanol–water partition coefficient (Wildman–Crippen LogP) is 3.62. The molecule has 0 bridgehead atoms. The van der Waals surface area contributed by atoms with Gasteiger partial charge in [-0.05, 0) is 54.8 Å². The van der Waals surface area contributed by atoms with Crippen molar-refractivity contribution in [3.8, 4) is 0 Å². The first-order chi connectivity index (χ1) is 12.6. The summed E-state index contributed by atoms with van der Waals surface area (Å²) in [6, 6.07) is 4.16. The van der Waals surface area contributed by atoms with Gasteiger partial charge in [-0.3, -0.25) is 4.79 Å². The smallest absolute Gasteiger partial charge is 0.317 e. The van der Waals surface area contributed by atoms with E-state index in [-0.39, 0.29) is 11.9 Å². The van der Waals surface area contributed by atoms with Crippen molar-refractivity contribution in [2.45, 2.75) is 39.3 Å². The van der Waals surface area contributed by atoms with Crippen molar-refractivity contribution in [2.24, 2.45) is 0 Å². The van der Waals surface area contributed by atoms with Gasteiger partial charge in [0.1, 0.15) is 0 Å². The highest BCUT2D eigenvalue weighted by atomic mass is 32.1. The van der Waals surface area contributed by atoms with E-state index in [1.165, 1.54) is 26.7 Å². The summed E-state index contributed by atoms with van der Waals surface area (Å²) in [5.74, 6) is 0.129. The van der Waals surface area contributed by atoms with Gasteiger partial charge >= 0.3 is 6.03 Å². The van der Waals surface area contributed by atoms with Crippen LogP contribution < -0.4 is 5.32 Å². The third kappa shape index (κ3) is 3.64. The van der Waals surface area contributed by atoms with Crippen LogP contribution in [0.2, 0.25) is 0 Å². The van der Waals surface area contributed by atoms with Gasteiger partial charge < -0.3 is 15.1 Å². The van der Waals surface area contributed by atoms with Crippen LogP contribution in [0.1, 0.15) is 43.4 Å². The highest BCUT2D eigenvalue weighted by Crippen LogP contribution is 2.29. The lowest BCUT2D eigenvalue weighted by Gasteiger charge is -2.26. The van der Waals surface area contributed by atoms with Gasteiger partial charge in [0.2, 0.25) is 0 Å². The van der Waals surface area contributed by atoms with Gasteiger partial charge in [-0.25, -0.2) is 4.79 Å². The Kier molecular flexibility index (Phi) is 5.00. The Morgan fingerprint density at radius 2 is 1.96 bits per heavy atom. The van der Waals surface area contributed by atoms with Crippen molar-refractivity contribution < 1.29 is 9.59 Å². The summed E-state index contributed by atoms with van der Waals surface area (Å²) < 4.78 is 0. The van der Waals surface area contributed by atoms with Crippen LogP contribution in [-0.4, -0.2) is 41.4 Å². The average molecular weight is 390 g/mol. The molecule has 0 atom stereocenters. The number of carbonyl (C=O) groups is 2. The number of likely N-dealkylation sites (tertiary alicyclic amines) is 1. The molecule has 2 aromatic heterocycles. The van der Waals surface area contributed by atoms with Crippen molar-refractivity contribution >= 4 is 34.6 Å². The lowest BCUT2D eigenvalue weighted by Crippen LogP contribution is -2.37. The molecule has 4 rings (SSSR count). The molecule has 4 heterocycles. The monoisotopic (exact) mass is 389 g/mol. The largest absolute Gasteiger partial charge is 0.333 e. The molecule has 2 aromatic rings. The molecule has 2 aliphatic rings. The van der Waals surface area contributed by atoms with Gasteiger partial charge in [0.25, 0.3) is 5.91 Å². The maximum Gasteiger partial charge on any atom is 0.317 e. The highest BCUT2D eigenvalue weighted by molar-refractivity contribution is 7.12. The fraction of sp³-hybridized carbons (Fsp3) is 0.474. The zero-order valence-electron chi connectivity index (χ0n) is 14.9. The minimum atomic E-state index is 0.0405. The SMILES string of the molecule is Cc1csc(C(=O)N2CCc3sc(CNC(=O)N4CCCC4)cc3C2)c1. The molecule has 5 nitrogen and oxygen atoms in total. The fourth-order valence-electron chi connectivity index (χ4n) is 3.55. The van der Waals surface area contributed by atoms with E-state index in [4.69, 9.17) is 0 Å². The van der Waals surface area contributed by atoms with Crippen LogP contribution in [0.25, 0.3) is 0 Å². The number of fused-ring (bicyclic) bond motifs is 1. The number of nitrogens with zero attached hydrogens (tertiary/aromatic N) is 2. The Balaban J connectivity index is 1.37. The Bertz CT molecular complexity index is 821. The minimum absolute atomic E-state index is 0.0405. The van der Waals surface area contributed by atoms with Crippen LogP contribution in [-0.2, 0) is 19.5 Å². The second-order valence-corrected chi connectivity index (χ2v) is 9.11. The van der Waals surface area contributed by atoms with Crippen LogP contribution in [0, 0.1) is 6.92 Å². The van der Waals surface area contributed by atoms with E-state index in [0.29, 0.717) is 13.1 Å². The third-order valence-electron chi connectivity index (χ3n) is 4.95. The van der Waals surface area contributed by atoms with Crippen LogP contribution in [0.4, 0.5) is 4.79 Å². The molecule has 2 aliphatic heterocycles. The second kappa shape index (κ2) is 7.40. The number of urea groups is 1. The van der Waals surface area contributed by atoms with E-state index >= 15 is 0 Å². The molecular weight excluding hydrogens is 366 g/mol. The highest BCUT2D eigenvalue weighted by Gasteiger charge is 2.25. The summed E-state index contributed by atoms with van der Waals surface area (Å²) in [4.78, 5) is 32.0. The molecule has 0 radical (unpaired) electrons.